The predicted octanol–water partition coefficient (Wildman–Crippen LogP) is 1.35. The number of hydrogen-bond acceptors (Lipinski definition) is 2. The monoisotopic (exact) mass is 281 g/mol. The Morgan fingerprint density at radius 1 is 1.67 bits per heavy atom. The van der Waals surface area contributed by atoms with Gasteiger partial charge in [-0.2, -0.15) is 0 Å². The third kappa shape index (κ3) is 1.62. The van der Waals surface area contributed by atoms with Gasteiger partial charge in [-0.25, -0.2) is 0 Å². The van der Waals surface area contributed by atoms with Crippen molar-refractivity contribution >= 4 is 34.4 Å². The Morgan fingerprint density at radius 3 is 2.58 bits per heavy atom. The first-order valence-corrected chi connectivity index (χ1v) is 5.32. The molecule has 1 fully saturated rings. The van der Waals surface area contributed by atoms with Crippen molar-refractivity contribution in [2.24, 2.45) is 0 Å². The zero-order valence-electron chi connectivity index (χ0n) is 7.21. The lowest BCUT2D eigenvalue weighted by atomic mass is 10.2. The van der Waals surface area contributed by atoms with Crippen molar-refractivity contribution in [2.45, 2.75) is 36.7 Å². The fraction of sp³-hybridized carbons (Fsp3) is 0.750. The largest absolute Gasteiger partial charge is 0.279 e. The third-order valence-corrected chi connectivity index (χ3v) is 3.13. The summed E-state index contributed by atoms with van der Waals surface area (Å²) in [5, 5.41) is 0. The van der Waals surface area contributed by atoms with Crippen LogP contribution in [-0.2, 0) is 9.59 Å². The van der Waals surface area contributed by atoms with Crippen molar-refractivity contribution in [3.63, 3.8) is 0 Å². The number of carbonyl (C=O) groups excluding carboxylic acids is 2. The highest BCUT2D eigenvalue weighted by Crippen LogP contribution is 2.23. The second kappa shape index (κ2) is 3.72. The molecule has 4 heteroatoms. The van der Waals surface area contributed by atoms with E-state index in [-0.39, 0.29) is 21.8 Å². The maximum absolute atomic E-state index is 11.4. The van der Waals surface area contributed by atoms with Crippen molar-refractivity contribution < 1.29 is 9.59 Å². The second-order valence-electron chi connectivity index (χ2n) is 3.03. The minimum Gasteiger partial charge on any atom is -0.279 e. The van der Waals surface area contributed by atoms with E-state index in [9.17, 15) is 9.59 Å². The molecular weight excluding hydrogens is 269 g/mol. The van der Waals surface area contributed by atoms with Crippen LogP contribution in [0.5, 0.6) is 0 Å². The summed E-state index contributed by atoms with van der Waals surface area (Å²) in [4.78, 5) is 24.1. The molecule has 0 aromatic rings. The fourth-order valence-corrected chi connectivity index (χ4v) is 1.94. The summed E-state index contributed by atoms with van der Waals surface area (Å²) in [6.45, 7) is 3.89. The van der Waals surface area contributed by atoms with E-state index in [0.29, 0.717) is 6.42 Å². The Labute approximate surface area is 85.6 Å². The molecule has 2 unspecified atom stereocenters. The van der Waals surface area contributed by atoms with Crippen molar-refractivity contribution in [2.75, 3.05) is 0 Å². The SMILES string of the molecule is CCC(C)N1C(=O)CC(I)C1=O. The normalized spacial score (nSPS) is 26.6. The number of nitrogens with zero attached hydrogens (tertiary/aromatic N) is 1. The first-order valence-electron chi connectivity index (χ1n) is 4.08. The lowest BCUT2D eigenvalue weighted by Crippen LogP contribution is -2.38. The molecule has 2 atom stereocenters. The van der Waals surface area contributed by atoms with Crippen LogP contribution in [0.1, 0.15) is 26.7 Å². The minimum atomic E-state index is -0.135. The van der Waals surface area contributed by atoms with E-state index >= 15 is 0 Å². The lowest BCUT2D eigenvalue weighted by Gasteiger charge is -2.20. The number of halogens is 1. The van der Waals surface area contributed by atoms with Crippen LogP contribution >= 0.6 is 22.6 Å². The Hall–Kier alpha value is -0.130. The third-order valence-electron chi connectivity index (χ3n) is 2.16. The summed E-state index contributed by atoms with van der Waals surface area (Å²) in [7, 11) is 0. The first kappa shape index (κ1) is 9.95. The van der Waals surface area contributed by atoms with Crippen molar-refractivity contribution in [1.82, 2.24) is 4.90 Å². The van der Waals surface area contributed by atoms with Gasteiger partial charge >= 0.3 is 0 Å². The van der Waals surface area contributed by atoms with Gasteiger partial charge in [0, 0.05) is 12.5 Å². The smallest absolute Gasteiger partial charge is 0.242 e. The quantitative estimate of drug-likeness (QED) is 0.435. The zero-order chi connectivity index (χ0) is 9.30. The molecule has 0 spiro atoms. The maximum atomic E-state index is 11.4. The Kier molecular flexibility index (Phi) is 3.09. The van der Waals surface area contributed by atoms with Gasteiger partial charge < -0.3 is 0 Å². The van der Waals surface area contributed by atoms with Gasteiger partial charge in [0.1, 0.15) is 0 Å². The van der Waals surface area contributed by atoms with E-state index in [1.165, 1.54) is 4.90 Å². The van der Waals surface area contributed by atoms with Crippen LogP contribution < -0.4 is 0 Å². The van der Waals surface area contributed by atoms with E-state index in [0.717, 1.165) is 6.42 Å². The zero-order valence-corrected chi connectivity index (χ0v) is 9.37. The molecule has 0 saturated carbocycles. The molecule has 2 amide bonds. The standard InChI is InChI=1S/C8H12INO2/c1-3-5(2)10-7(11)4-6(9)8(10)12/h5-6H,3-4H2,1-2H3. The lowest BCUT2D eigenvalue weighted by molar-refractivity contribution is -0.140. The van der Waals surface area contributed by atoms with E-state index in [1.54, 1.807) is 0 Å². The van der Waals surface area contributed by atoms with Gasteiger partial charge in [0.15, 0.2) is 0 Å². The summed E-state index contributed by atoms with van der Waals surface area (Å²) >= 11 is 2.03. The van der Waals surface area contributed by atoms with Gasteiger partial charge in [0.2, 0.25) is 11.8 Å². The fourth-order valence-electron chi connectivity index (χ4n) is 1.26. The molecule has 0 bridgehead atoms. The van der Waals surface area contributed by atoms with Crippen LogP contribution in [0.15, 0.2) is 0 Å². The van der Waals surface area contributed by atoms with E-state index in [2.05, 4.69) is 0 Å². The molecular formula is C8H12INO2. The number of amides is 2. The number of alkyl halides is 1. The second-order valence-corrected chi connectivity index (χ2v) is 4.53. The number of carbonyl (C=O) groups is 2. The van der Waals surface area contributed by atoms with Gasteiger partial charge in [-0.15, -0.1) is 0 Å². The summed E-state index contributed by atoms with van der Waals surface area (Å²) in [6, 6.07) is 0.0600. The van der Waals surface area contributed by atoms with Crippen LogP contribution in [0.25, 0.3) is 0 Å². The van der Waals surface area contributed by atoms with Crippen LogP contribution in [0.4, 0.5) is 0 Å². The van der Waals surface area contributed by atoms with Crippen molar-refractivity contribution in [3.05, 3.63) is 0 Å². The predicted molar refractivity (Wildman–Crippen MR) is 54.0 cm³/mol. The molecule has 0 aromatic carbocycles. The highest BCUT2D eigenvalue weighted by Gasteiger charge is 2.38. The average molecular weight is 281 g/mol. The molecule has 0 aliphatic carbocycles. The van der Waals surface area contributed by atoms with Gasteiger partial charge in [-0.05, 0) is 13.3 Å². The molecule has 12 heavy (non-hydrogen) atoms. The Morgan fingerprint density at radius 2 is 2.25 bits per heavy atom. The van der Waals surface area contributed by atoms with Gasteiger partial charge in [0.25, 0.3) is 0 Å². The topological polar surface area (TPSA) is 37.4 Å². The first-order chi connectivity index (χ1) is 5.57. The van der Waals surface area contributed by atoms with E-state index in [1.807, 2.05) is 36.4 Å². The summed E-state index contributed by atoms with van der Waals surface area (Å²) in [5.41, 5.74) is 0. The molecule has 0 radical (unpaired) electrons. The van der Waals surface area contributed by atoms with Crippen LogP contribution in [0, 0.1) is 0 Å². The van der Waals surface area contributed by atoms with Crippen LogP contribution in [0.2, 0.25) is 0 Å². The Bertz CT molecular complexity index is 217. The number of rotatable bonds is 2. The van der Waals surface area contributed by atoms with E-state index < -0.39 is 0 Å². The number of likely N-dealkylation sites (tertiary alicyclic amines) is 1. The highest BCUT2D eigenvalue weighted by molar-refractivity contribution is 14.1. The average Bonchev–Trinajstić information content (AvgIpc) is 2.26. The minimum absolute atomic E-state index is 0.0186. The summed E-state index contributed by atoms with van der Waals surface area (Å²) < 4.78 is -0.135. The summed E-state index contributed by atoms with van der Waals surface area (Å²) in [5.74, 6) is -0.0382. The highest BCUT2D eigenvalue weighted by atomic mass is 127. The van der Waals surface area contributed by atoms with Crippen LogP contribution in [-0.4, -0.2) is 26.7 Å². The Balaban J connectivity index is 2.76. The molecule has 0 N–H and O–H groups in total. The van der Waals surface area contributed by atoms with Gasteiger partial charge in [-0.1, -0.05) is 29.5 Å². The molecule has 68 valence electrons. The van der Waals surface area contributed by atoms with E-state index in [4.69, 9.17) is 0 Å². The van der Waals surface area contributed by atoms with Gasteiger partial charge in [-0.3, -0.25) is 14.5 Å². The summed E-state index contributed by atoms with van der Waals surface area (Å²) in [6.07, 6.45) is 1.21. The molecule has 1 aliphatic heterocycles. The van der Waals surface area contributed by atoms with Crippen molar-refractivity contribution in [1.29, 1.82) is 0 Å². The molecule has 1 aliphatic rings. The molecule has 1 saturated heterocycles. The van der Waals surface area contributed by atoms with Crippen LogP contribution in [0.3, 0.4) is 0 Å². The molecule has 1 heterocycles. The molecule has 1 rings (SSSR count). The molecule has 0 aromatic heterocycles. The number of imide groups is 1. The molecule has 3 nitrogen and oxygen atoms in total. The van der Waals surface area contributed by atoms with Crippen molar-refractivity contribution in [3.8, 4) is 0 Å². The van der Waals surface area contributed by atoms with Gasteiger partial charge in [0.05, 0.1) is 3.92 Å². The number of hydrogen-bond donors (Lipinski definition) is 0. The maximum Gasteiger partial charge on any atom is 0.242 e.